The molecule has 0 bridgehead atoms. The standard InChI is InChI=1S/C13H16N2O2/c1-15-8-10(11(14)7-13(16)17-2)9-5-3-4-6-12(9)15/h3-6,8,11H,7,14H2,1-2H3/t11-/m0/s1. The first-order valence-corrected chi connectivity index (χ1v) is 5.50. The first-order chi connectivity index (χ1) is 8.13. The normalized spacial score (nSPS) is 12.6. The molecule has 1 aromatic heterocycles. The van der Waals surface area contributed by atoms with Crippen LogP contribution in [0.5, 0.6) is 0 Å². The lowest BCUT2D eigenvalue weighted by atomic mass is 10.0. The molecule has 2 N–H and O–H groups in total. The molecule has 0 aliphatic carbocycles. The zero-order valence-electron chi connectivity index (χ0n) is 10.0. The molecule has 0 radical (unpaired) electrons. The third-order valence-electron chi connectivity index (χ3n) is 2.94. The molecule has 4 nitrogen and oxygen atoms in total. The number of methoxy groups -OCH3 is 1. The lowest BCUT2D eigenvalue weighted by Crippen LogP contribution is -2.16. The van der Waals surface area contributed by atoms with E-state index in [2.05, 4.69) is 4.74 Å². The summed E-state index contributed by atoms with van der Waals surface area (Å²) >= 11 is 0. The van der Waals surface area contributed by atoms with Crippen molar-refractivity contribution in [2.45, 2.75) is 12.5 Å². The number of benzene rings is 1. The minimum Gasteiger partial charge on any atom is -0.469 e. The van der Waals surface area contributed by atoms with E-state index in [4.69, 9.17) is 5.73 Å². The van der Waals surface area contributed by atoms with Gasteiger partial charge in [-0.3, -0.25) is 4.79 Å². The van der Waals surface area contributed by atoms with Crippen molar-refractivity contribution in [1.82, 2.24) is 4.57 Å². The van der Waals surface area contributed by atoms with Gasteiger partial charge in [-0.2, -0.15) is 0 Å². The molecule has 0 amide bonds. The first kappa shape index (κ1) is 11.7. The minimum absolute atomic E-state index is 0.199. The van der Waals surface area contributed by atoms with Crippen LogP contribution in [0.2, 0.25) is 0 Å². The van der Waals surface area contributed by atoms with Crippen molar-refractivity contribution in [2.75, 3.05) is 7.11 Å². The van der Waals surface area contributed by atoms with Crippen LogP contribution in [0.4, 0.5) is 0 Å². The molecule has 0 unspecified atom stereocenters. The Labute approximate surface area is 100.0 Å². The van der Waals surface area contributed by atoms with E-state index in [1.807, 2.05) is 42.1 Å². The summed E-state index contributed by atoms with van der Waals surface area (Å²) in [5.41, 5.74) is 8.13. The Kier molecular flexibility index (Phi) is 3.15. The molecule has 0 saturated carbocycles. The van der Waals surface area contributed by atoms with Crippen LogP contribution in [-0.4, -0.2) is 17.6 Å². The molecule has 90 valence electrons. The van der Waals surface area contributed by atoms with Crippen molar-refractivity contribution in [3.63, 3.8) is 0 Å². The summed E-state index contributed by atoms with van der Waals surface area (Å²) in [5, 5.41) is 1.09. The summed E-state index contributed by atoms with van der Waals surface area (Å²) in [6.45, 7) is 0. The van der Waals surface area contributed by atoms with Crippen molar-refractivity contribution in [2.24, 2.45) is 12.8 Å². The van der Waals surface area contributed by atoms with E-state index >= 15 is 0 Å². The Morgan fingerprint density at radius 2 is 2.18 bits per heavy atom. The number of aryl methyl sites for hydroxylation is 1. The quantitative estimate of drug-likeness (QED) is 0.820. The summed E-state index contributed by atoms with van der Waals surface area (Å²) in [7, 11) is 3.34. The van der Waals surface area contributed by atoms with Gasteiger partial charge in [-0.1, -0.05) is 18.2 Å². The molecule has 0 spiro atoms. The summed E-state index contributed by atoms with van der Waals surface area (Å²) in [5.74, 6) is -0.287. The van der Waals surface area contributed by atoms with E-state index in [0.717, 1.165) is 16.5 Å². The van der Waals surface area contributed by atoms with Crippen LogP contribution >= 0.6 is 0 Å². The van der Waals surface area contributed by atoms with Gasteiger partial charge in [0.1, 0.15) is 0 Å². The maximum atomic E-state index is 11.2. The highest BCUT2D eigenvalue weighted by molar-refractivity contribution is 5.85. The molecule has 2 aromatic rings. The number of aromatic nitrogens is 1. The van der Waals surface area contributed by atoms with E-state index < -0.39 is 0 Å². The summed E-state index contributed by atoms with van der Waals surface area (Å²) < 4.78 is 6.65. The molecule has 0 aliphatic rings. The molecule has 0 fully saturated rings. The number of carbonyl (C=O) groups excluding carboxylic acids is 1. The lowest BCUT2D eigenvalue weighted by molar-refractivity contribution is -0.141. The van der Waals surface area contributed by atoms with Crippen LogP contribution < -0.4 is 5.73 Å². The number of esters is 1. The molecule has 1 atom stereocenters. The van der Waals surface area contributed by atoms with Crippen molar-refractivity contribution in [1.29, 1.82) is 0 Å². The average Bonchev–Trinajstić information content (AvgIpc) is 2.67. The fourth-order valence-corrected chi connectivity index (χ4v) is 2.04. The van der Waals surface area contributed by atoms with Crippen LogP contribution in [0.15, 0.2) is 30.5 Å². The topological polar surface area (TPSA) is 57.2 Å². The van der Waals surface area contributed by atoms with Crippen LogP contribution in [-0.2, 0) is 16.6 Å². The van der Waals surface area contributed by atoms with E-state index in [1.165, 1.54) is 7.11 Å². The highest BCUT2D eigenvalue weighted by Gasteiger charge is 2.16. The molecule has 0 aliphatic heterocycles. The SMILES string of the molecule is COC(=O)C[C@H](N)c1cn(C)c2ccccc12. The van der Waals surface area contributed by atoms with Gasteiger partial charge >= 0.3 is 5.97 Å². The second kappa shape index (κ2) is 4.59. The van der Waals surface area contributed by atoms with Gasteiger partial charge in [-0.25, -0.2) is 0 Å². The third-order valence-corrected chi connectivity index (χ3v) is 2.94. The number of ether oxygens (including phenoxy) is 1. The van der Waals surface area contributed by atoms with Gasteiger partial charge in [0.05, 0.1) is 13.5 Å². The van der Waals surface area contributed by atoms with E-state index in [9.17, 15) is 4.79 Å². The van der Waals surface area contributed by atoms with Gasteiger partial charge in [0.2, 0.25) is 0 Å². The highest BCUT2D eigenvalue weighted by atomic mass is 16.5. The number of para-hydroxylation sites is 1. The van der Waals surface area contributed by atoms with Crippen LogP contribution in [0.1, 0.15) is 18.0 Å². The Bertz CT molecular complexity index is 545. The van der Waals surface area contributed by atoms with Crippen molar-refractivity contribution >= 4 is 16.9 Å². The lowest BCUT2D eigenvalue weighted by Gasteiger charge is -2.08. The smallest absolute Gasteiger partial charge is 0.307 e. The second-order valence-electron chi connectivity index (χ2n) is 4.10. The van der Waals surface area contributed by atoms with Gasteiger partial charge in [0.25, 0.3) is 0 Å². The molecule has 0 saturated heterocycles. The monoisotopic (exact) mass is 232 g/mol. The van der Waals surface area contributed by atoms with Gasteiger partial charge < -0.3 is 15.0 Å². The fraction of sp³-hybridized carbons (Fsp3) is 0.308. The van der Waals surface area contributed by atoms with Gasteiger partial charge in [-0.15, -0.1) is 0 Å². The van der Waals surface area contributed by atoms with Crippen molar-refractivity contribution in [3.05, 3.63) is 36.0 Å². The van der Waals surface area contributed by atoms with Crippen LogP contribution in [0.3, 0.4) is 0 Å². The second-order valence-corrected chi connectivity index (χ2v) is 4.10. The Balaban J connectivity index is 2.38. The predicted octanol–water partition coefficient (Wildman–Crippen LogP) is 1.74. The van der Waals surface area contributed by atoms with Crippen molar-refractivity contribution in [3.8, 4) is 0 Å². The zero-order valence-corrected chi connectivity index (χ0v) is 10.0. The number of nitrogens with two attached hydrogens (primary N) is 1. The fourth-order valence-electron chi connectivity index (χ4n) is 2.04. The number of hydrogen-bond acceptors (Lipinski definition) is 3. The molecular formula is C13H16N2O2. The van der Waals surface area contributed by atoms with Crippen LogP contribution in [0, 0.1) is 0 Å². The first-order valence-electron chi connectivity index (χ1n) is 5.50. The Hall–Kier alpha value is -1.81. The maximum Gasteiger partial charge on any atom is 0.307 e. The van der Waals surface area contributed by atoms with E-state index in [-0.39, 0.29) is 18.4 Å². The molecule has 17 heavy (non-hydrogen) atoms. The largest absolute Gasteiger partial charge is 0.469 e. The number of fused-ring (bicyclic) bond motifs is 1. The average molecular weight is 232 g/mol. The number of rotatable bonds is 3. The molecule has 4 heteroatoms. The summed E-state index contributed by atoms with van der Waals surface area (Å²) in [6, 6.07) is 7.67. The number of hydrogen-bond donors (Lipinski definition) is 1. The summed E-state index contributed by atoms with van der Waals surface area (Å²) in [4.78, 5) is 11.2. The molecule has 2 rings (SSSR count). The van der Waals surface area contributed by atoms with Gasteiger partial charge in [0.15, 0.2) is 0 Å². The maximum absolute atomic E-state index is 11.2. The van der Waals surface area contributed by atoms with E-state index in [0.29, 0.717) is 0 Å². The number of nitrogens with zero attached hydrogens (tertiary/aromatic N) is 1. The van der Waals surface area contributed by atoms with E-state index in [1.54, 1.807) is 0 Å². The van der Waals surface area contributed by atoms with Gasteiger partial charge in [0, 0.05) is 30.2 Å². The summed E-state index contributed by atoms with van der Waals surface area (Å²) in [6.07, 6.45) is 2.17. The molecular weight excluding hydrogens is 216 g/mol. The van der Waals surface area contributed by atoms with Gasteiger partial charge in [-0.05, 0) is 11.6 Å². The Morgan fingerprint density at radius 1 is 1.47 bits per heavy atom. The van der Waals surface area contributed by atoms with Crippen molar-refractivity contribution < 1.29 is 9.53 Å². The predicted molar refractivity (Wildman–Crippen MR) is 66.5 cm³/mol. The highest BCUT2D eigenvalue weighted by Crippen LogP contribution is 2.26. The Morgan fingerprint density at radius 3 is 2.88 bits per heavy atom. The molecule has 1 heterocycles. The van der Waals surface area contributed by atoms with Crippen LogP contribution in [0.25, 0.3) is 10.9 Å². The minimum atomic E-state index is -0.325. The molecule has 1 aromatic carbocycles. The third kappa shape index (κ3) is 2.17. The zero-order chi connectivity index (χ0) is 12.4. The number of carbonyl (C=O) groups is 1.